The Bertz CT molecular complexity index is 786. The van der Waals surface area contributed by atoms with E-state index >= 15 is 0 Å². The predicted molar refractivity (Wildman–Crippen MR) is 95.2 cm³/mol. The topological polar surface area (TPSA) is 65.5 Å². The van der Waals surface area contributed by atoms with Gasteiger partial charge in [-0.2, -0.15) is 0 Å². The van der Waals surface area contributed by atoms with Crippen LogP contribution in [0.15, 0.2) is 42.6 Å². The van der Waals surface area contributed by atoms with Crippen molar-refractivity contribution in [2.45, 2.75) is 6.54 Å². The van der Waals surface area contributed by atoms with Crippen LogP contribution in [0.5, 0.6) is 0 Å². The number of rotatable bonds is 4. The standard InChI is InChI=1S/C19H21FN4O2/c1-23-8-10-24(11-9-23)19(26)17-12-15(6-7-21-17)18(25)22-13-14-2-4-16(20)5-3-14/h2-7,12H,8-11,13H2,1H3,(H,22,25). The number of amides is 2. The number of piperazine rings is 1. The highest BCUT2D eigenvalue weighted by Crippen LogP contribution is 2.09. The van der Waals surface area contributed by atoms with Crippen molar-refractivity contribution in [3.63, 3.8) is 0 Å². The molecule has 1 aliphatic heterocycles. The summed E-state index contributed by atoms with van der Waals surface area (Å²) in [5.74, 6) is -0.781. The molecular weight excluding hydrogens is 335 g/mol. The number of likely N-dealkylation sites (N-methyl/N-ethyl adjacent to an activating group) is 1. The van der Waals surface area contributed by atoms with E-state index in [-0.39, 0.29) is 29.9 Å². The van der Waals surface area contributed by atoms with Gasteiger partial charge in [-0.3, -0.25) is 14.6 Å². The Labute approximate surface area is 151 Å². The van der Waals surface area contributed by atoms with E-state index in [1.807, 2.05) is 7.05 Å². The summed E-state index contributed by atoms with van der Waals surface area (Å²) in [6.07, 6.45) is 1.47. The van der Waals surface area contributed by atoms with E-state index in [1.165, 1.54) is 24.4 Å². The smallest absolute Gasteiger partial charge is 0.272 e. The molecule has 136 valence electrons. The number of benzene rings is 1. The summed E-state index contributed by atoms with van der Waals surface area (Å²) in [6, 6.07) is 9.01. The van der Waals surface area contributed by atoms with Gasteiger partial charge < -0.3 is 15.1 Å². The van der Waals surface area contributed by atoms with Gasteiger partial charge >= 0.3 is 0 Å². The second-order valence-corrected chi connectivity index (χ2v) is 6.33. The zero-order valence-electron chi connectivity index (χ0n) is 14.6. The molecule has 1 aromatic carbocycles. The summed E-state index contributed by atoms with van der Waals surface area (Å²) in [5, 5.41) is 2.77. The Morgan fingerprint density at radius 2 is 1.81 bits per heavy atom. The molecule has 2 aromatic rings. The lowest BCUT2D eigenvalue weighted by Crippen LogP contribution is -2.47. The molecule has 7 heteroatoms. The van der Waals surface area contributed by atoms with Gasteiger partial charge in [0, 0.05) is 44.5 Å². The first-order chi connectivity index (χ1) is 12.5. The van der Waals surface area contributed by atoms with Crippen LogP contribution in [0.2, 0.25) is 0 Å². The molecule has 0 spiro atoms. The van der Waals surface area contributed by atoms with Crippen molar-refractivity contribution in [2.75, 3.05) is 33.2 Å². The minimum atomic E-state index is -0.318. The Morgan fingerprint density at radius 1 is 1.12 bits per heavy atom. The van der Waals surface area contributed by atoms with Crippen molar-refractivity contribution in [3.05, 3.63) is 65.2 Å². The van der Waals surface area contributed by atoms with Crippen molar-refractivity contribution >= 4 is 11.8 Å². The summed E-state index contributed by atoms with van der Waals surface area (Å²) in [7, 11) is 2.02. The zero-order valence-corrected chi connectivity index (χ0v) is 14.6. The molecule has 0 atom stereocenters. The second-order valence-electron chi connectivity index (χ2n) is 6.33. The number of pyridine rings is 1. The van der Waals surface area contributed by atoms with Crippen molar-refractivity contribution in [3.8, 4) is 0 Å². The molecule has 0 unspecified atom stereocenters. The number of halogens is 1. The van der Waals surface area contributed by atoms with Crippen LogP contribution < -0.4 is 5.32 Å². The maximum absolute atomic E-state index is 12.9. The number of aromatic nitrogens is 1. The van der Waals surface area contributed by atoms with E-state index in [0.29, 0.717) is 18.7 Å². The SMILES string of the molecule is CN1CCN(C(=O)c2cc(C(=O)NCc3ccc(F)cc3)ccn2)CC1. The first-order valence-corrected chi connectivity index (χ1v) is 8.49. The fourth-order valence-electron chi connectivity index (χ4n) is 2.75. The Morgan fingerprint density at radius 3 is 2.50 bits per heavy atom. The molecule has 1 aromatic heterocycles. The molecule has 0 radical (unpaired) electrons. The minimum absolute atomic E-state index is 0.161. The van der Waals surface area contributed by atoms with Crippen LogP contribution in [0.1, 0.15) is 26.4 Å². The van der Waals surface area contributed by atoms with Crippen LogP contribution >= 0.6 is 0 Å². The third kappa shape index (κ3) is 4.43. The Kier molecular flexibility index (Phi) is 5.58. The molecule has 1 fully saturated rings. The van der Waals surface area contributed by atoms with Gasteiger partial charge in [-0.25, -0.2) is 4.39 Å². The summed E-state index contributed by atoms with van der Waals surface area (Å²) >= 11 is 0. The van der Waals surface area contributed by atoms with Gasteiger partial charge in [0.25, 0.3) is 11.8 Å². The van der Waals surface area contributed by atoms with E-state index in [1.54, 1.807) is 23.1 Å². The number of carbonyl (C=O) groups excluding carboxylic acids is 2. The number of carbonyl (C=O) groups is 2. The zero-order chi connectivity index (χ0) is 18.5. The summed E-state index contributed by atoms with van der Waals surface area (Å²) < 4.78 is 12.9. The number of hydrogen-bond acceptors (Lipinski definition) is 4. The number of nitrogens with zero attached hydrogens (tertiary/aromatic N) is 3. The molecular formula is C19H21FN4O2. The van der Waals surface area contributed by atoms with Crippen LogP contribution in [-0.4, -0.2) is 59.8 Å². The van der Waals surface area contributed by atoms with E-state index in [9.17, 15) is 14.0 Å². The van der Waals surface area contributed by atoms with Gasteiger partial charge in [0.1, 0.15) is 11.5 Å². The average molecular weight is 356 g/mol. The summed E-state index contributed by atoms with van der Waals surface area (Å²) in [4.78, 5) is 32.9. The van der Waals surface area contributed by atoms with Gasteiger partial charge in [0.15, 0.2) is 0 Å². The highest BCUT2D eigenvalue weighted by Gasteiger charge is 2.22. The quantitative estimate of drug-likeness (QED) is 0.903. The molecule has 1 aliphatic rings. The van der Waals surface area contributed by atoms with Crippen LogP contribution in [-0.2, 0) is 6.54 Å². The van der Waals surface area contributed by atoms with Crippen LogP contribution in [0.4, 0.5) is 4.39 Å². The monoisotopic (exact) mass is 356 g/mol. The van der Waals surface area contributed by atoms with Gasteiger partial charge in [-0.1, -0.05) is 12.1 Å². The highest BCUT2D eigenvalue weighted by atomic mass is 19.1. The molecule has 0 aliphatic carbocycles. The van der Waals surface area contributed by atoms with Gasteiger partial charge in [0.05, 0.1) is 0 Å². The van der Waals surface area contributed by atoms with E-state index in [4.69, 9.17) is 0 Å². The molecule has 2 amide bonds. The average Bonchev–Trinajstić information content (AvgIpc) is 2.67. The Hall–Kier alpha value is -2.80. The molecule has 0 bridgehead atoms. The van der Waals surface area contributed by atoms with Gasteiger partial charge in [-0.15, -0.1) is 0 Å². The van der Waals surface area contributed by atoms with Crippen molar-refractivity contribution in [1.29, 1.82) is 0 Å². The fourth-order valence-corrected chi connectivity index (χ4v) is 2.75. The number of nitrogens with one attached hydrogen (secondary N) is 1. The summed E-state index contributed by atoms with van der Waals surface area (Å²) in [6.45, 7) is 3.23. The predicted octanol–water partition coefficient (Wildman–Crippen LogP) is 1.54. The molecule has 6 nitrogen and oxygen atoms in total. The van der Waals surface area contributed by atoms with Crippen LogP contribution in [0.3, 0.4) is 0 Å². The highest BCUT2D eigenvalue weighted by molar-refractivity contribution is 5.98. The Balaban J connectivity index is 1.63. The first kappa shape index (κ1) is 18.0. The normalized spacial score (nSPS) is 14.9. The maximum Gasteiger partial charge on any atom is 0.272 e. The lowest BCUT2D eigenvalue weighted by molar-refractivity contribution is 0.0658. The molecule has 0 saturated carbocycles. The fraction of sp³-hybridized carbons (Fsp3) is 0.316. The molecule has 1 saturated heterocycles. The van der Waals surface area contributed by atoms with Crippen molar-refractivity contribution < 1.29 is 14.0 Å². The second kappa shape index (κ2) is 8.05. The third-order valence-corrected chi connectivity index (χ3v) is 4.40. The minimum Gasteiger partial charge on any atom is -0.348 e. The van der Waals surface area contributed by atoms with E-state index in [0.717, 1.165) is 18.7 Å². The molecule has 26 heavy (non-hydrogen) atoms. The number of hydrogen-bond donors (Lipinski definition) is 1. The van der Waals surface area contributed by atoms with E-state index in [2.05, 4.69) is 15.2 Å². The van der Waals surface area contributed by atoms with Gasteiger partial charge in [0.2, 0.25) is 0 Å². The maximum atomic E-state index is 12.9. The van der Waals surface area contributed by atoms with Gasteiger partial charge in [-0.05, 0) is 36.9 Å². The summed E-state index contributed by atoms with van der Waals surface area (Å²) in [5.41, 5.74) is 1.44. The third-order valence-electron chi connectivity index (χ3n) is 4.40. The lowest BCUT2D eigenvalue weighted by atomic mass is 10.1. The van der Waals surface area contributed by atoms with Crippen molar-refractivity contribution in [2.24, 2.45) is 0 Å². The molecule has 2 heterocycles. The largest absolute Gasteiger partial charge is 0.348 e. The van der Waals surface area contributed by atoms with Crippen molar-refractivity contribution in [1.82, 2.24) is 20.1 Å². The van der Waals surface area contributed by atoms with E-state index < -0.39 is 0 Å². The first-order valence-electron chi connectivity index (χ1n) is 8.49. The molecule has 1 N–H and O–H groups in total. The van der Waals surface area contributed by atoms with Crippen LogP contribution in [0, 0.1) is 5.82 Å². The molecule has 3 rings (SSSR count). The lowest BCUT2D eigenvalue weighted by Gasteiger charge is -2.32. The van der Waals surface area contributed by atoms with Crippen LogP contribution in [0.25, 0.3) is 0 Å².